The topological polar surface area (TPSA) is 12.0 Å². The van der Waals surface area contributed by atoms with Gasteiger partial charge in [-0.05, 0) is 50.0 Å². The van der Waals surface area contributed by atoms with Crippen molar-refractivity contribution >= 4 is 0 Å². The molecule has 0 heterocycles. The summed E-state index contributed by atoms with van der Waals surface area (Å²) in [7, 11) is 2.11. The lowest BCUT2D eigenvalue weighted by molar-refractivity contribution is 0.102. The summed E-state index contributed by atoms with van der Waals surface area (Å²) in [4.78, 5) is 0. The van der Waals surface area contributed by atoms with E-state index in [0.717, 1.165) is 17.9 Å². The molecule has 14 heavy (non-hydrogen) atoms. The van der Waals surface area contributed by atoms with Gasteiger partial charge in [0.2, 0.25) is 0 Å². The van der Waals surface area contributed by atoms with E-state index >= 15 is 0 Å². The van der Waals surface area contributed by atoms with Crippen molar-refractivity contribution in [2.45, 2.75) is 59.4 Å². The van der Waals surface area contributed by atoms with Crippen LogP contribution in [0.1, 0.15) is 53.4 Å². The van der Waals surface area contributed by atoms with Gasteiger partial charge in [0.25, 0.3) is 0 Å². The highest BCUT2D eigenvalue weighted by Crippen LogP contribution is 2.43. The van der Waals surface area contributed by atoms with Gasteiger partial charge >= 0.3 is 0 Å². The van der Waals surface area contributed by atoms with Crippen LogP contribution in [0.5, 0.6) is 0 Å². The van der Waals surface area contributed by atoms with Crippen molar-refractivity contribution in [1.82, 2.24) is 5.32 Å². The summed E-state index contributed by atoms with van der Waals surface area (Å²) in [5.41, 5.74) is 0.585. The van der Waals surface area contributed by atoms with E-state index in [1.54, 1.807) is 0 Å². The van der Waals surface area contributed by atoms with Crippen molar-refractivity contribution in [3.8, 4) is 0 Å². The highest BCUT2D eigenvalue weighted by molar-refractivity contribution is 4.88. The van der Waals surface area contributed by atoms with E-state index in [-0.39, 0.29) is 0 Å². The zero-order valence-electron chi connectivity index (χ0n) is 10.6. The molecule has 0 aromatic carbocycles. The van der Waals surface area contributed by atoms with Crippen molar-refractivity contribution in [3.63, 3.8) is 0 Å². The van der Waals surface area contributed by atoms with Gasteiger partial charge in [-0.1, -0.05) is 27.7 Å². The Kier molecular flexibility index (Phi) is 4.00. The lowest BCUT2D eigenvalue weighted by Gasteiger charge is -2.42. The van der Waals surface area contributed by atoms with Gasteiger partial charge in [0, 0.05) is 6.04 Å². The molecule has 0 bridgehead atoms. The maximum atomic E-state index is 3.48. The molecule has 3 unspecified atom stereocenters. The van der Waals surface area contributed by atoms with Gasteiger partial charge in [0.15, 0.2) is 0 Å². The molecular formula is C13H27N. The highest BCUT2D eigenvalue weighted by Gasteiger charge is 2.35. The first-order valence-electron chi connectivity index (χ1n) is 6.17. The Morgan fingerprint density at radius 1 is 1.43 bits per heavy atom. The summed E-state index contributed by atoms with van der Waals surface area (Å²) in [5.74, 6) is 1.79. The Balaban J connectivity index is 2.57. The molecule has 1 aliphatic carbocycles. The van der Waals surface area contributed by atoms with Crippen LogP contribution in [0.25, 0.3) is 0 Å². The standard InChI is InChI=1S/C13H27N/c1-6-12(14-5)11-7-8-13(3,4)9-10(11)2/h10-12,14H,6-9H2,1-5H3. The van der Waals surface area contributed by atoms with E-state index in [2.05, 4.69) is 40.1 Å². The molecule has 3 atom stereocenters. The third kappa shape index (κ3) is 2.73. The second kappa shape index (κ2) is 4.65. The van der Waals surface area contributed by atoms with Gasteiger partial charge in [-0.15, -0.1) is 0 Å². The average Bonchev–Trinajstić information content (AvgIpc) is 2.09. The zero-order chi connectivity index (χ0) is 10.8. The zero-order valence-corrected chi connectivity index (χ0v) is 10.6. The molecule has 1 heteroatoms. The van der Waals surface area contributed by atoms with E-state index in [9.17, 15) is 0 Å². The van der Waals surface area contributed by atoms with E-state index in [0.29, 0.717) is 5.41 Å². The first kappa shape index (κ1) is 12.0. The van der Waals surface area contributed by atoms with Crippen LogP contribution in [0.2, 0.25) is 0 Å². The van der Waals surface area contributed by atoms with Crippen LogP contribution in [-0.2, 0) is 0 Å². The van der Waals surface area contributed by atoms with Crippen LogP contribution in [0.4, 0.5) is 0 Å². The molecule has 0 aromatic rings. The van der Waals surface area contributed by atoms with Crippen molar-refractivity contribution in [1.29, 1.82) is 0 Å². The minimum atomic E-state index is 0.585. The summed E-state index contributed by atoms with van der Waals surface area (Å²) in [6.45, 7) is 9.57. The second-order valence-corrected chi connectivity index (χ2v) is 5.85. The molecule has 1 nitrogen and oxygen atoms in total. The third-order valence-corrected chi connectivity index (χ3v) is 4.09. The Morgan fingerprint density at radius 3 is 2.50 bits per heavy atom. The number of rotatable bonds is 3. The summed E-state index contributed by atoms with van der Waals surface area (Å²) in [6.07, 6.45) is 5.48. The van der Waals surface area contributed by atoms with Crippen molar-refractivity contribution in [2.24, 2.45) is 17.3 Å². The predicted molar refractivity (Wildman–Crippen MR) is 63.4 cm³/mol. The largest absolute Gasteiger partial charge is 0.317 e. The maximum Gasteiger partial charge on any atom is 0.00922 e. The molecular weight excluding hydrogens is 170 g/mol. The molecule has 0 amide bonds. The van der Waals surface area contributed by atoms with Crippen LogP contribution in [0.15, 0.2) is 0 Å². The second-order valence-electron chi connectivity index (χ2n) is 5.85. The Morgan fingerprint density at radius 2 is 2.07 bits per heavy atom. The summed E-state index contributed by atoms with van der Waals surface area (Å²) in [6, 6.07) is 0.737. The fraction of sp³-hybridized carbons (Fsp3) is 1.00. The van der Waals surface area contributed by atoms with Gasteiger partial charge in [-0.2, -0.15) is 0 Å². The molecule has 0 spiro atoms. The van der Waals surface area contributed by atoms with Crippen LogP contribution < -0.4 is 5.32 Å². The fourth-order valence-corrected chi connectivity index (χ4v) is 3.29. The first-order valence-corrected chi connectivity index (χ1v) is 6.17. The highest BCUT2D eigenvalue weighted by atomic mass is 14.9. The predicted octanol–water partition coefficient (Wildman–Crippen LogP) is 3.45. The average molecular weight is 197 g/mol. The molecule has 1 N–H and O–H groups in total. The van der Waals surface area contributed by atoms with Gasteiger partial charge < -0.3 is 5.32 Å². The summed E-state index contributed by atoms with van der Waals surface area (Å²) >= 11 is 0. The molecule has 0 saturated heterocycles. The quantitative estimate of drug-likeness (QED) is 0.731. The van der Waals surface area contributed by atoms with Crippen LogP contribution in [0, 0.1) is 17.3 Å². The van der Waals surface area contributed by atoms with Crippen LogP contribution in [0.3, 0.4) is 0 Å². The van der Waals surface area contributed by atoms with Crippen molar-refractivity contribution < 1.29 is 0 Å². The Labute approximate surface area is 89.7 Å². The molecule has 1 rings (SSSR count). The minimum Gasteiger partial charge on any atom is -0.317 e. The van der Waals surface area contributed by atoms with Crippen LogP contribution in [-0.4, -0.2) is 13.1 Å². The smallest absolute Gasteiger partial charge is 0.00922 e. The van der Waals surface area contributed by atoms with Gasteiger partial charge in [0.05, 0.1) is 0 Å². The van der Waals surface area contributed by atoms with Crippen molar-refractivity contribution in [3.05, 3.63) is 0 Å². The summed E-state index contributed by atoms with van der Waals surface area (Å²) < 4.78 is 0. The van der Waals surface area contributed by atoms with Crippen molar-refractivity contribution in [2.75, 3.05) is 7.05 Å². The first-order chi connectivity index (χ1) is 6.50. The van der Waals surface area contributed by atoms with Crippen LogP contribution >= 0.6 is 0 Å². The molecule has 1 fully saturated rings. The lowest BCUT2D eigenvalue weighted by atomic mass is 9.65. The maximum absolute atomic E-state index is 3.48. The normalized spacial score (nSPS) is 34.1. The molecule has 0 aliphatic heterocycles. The monoisotopic (exact) mass is 197 g/mol. The third-order valence-electron chi connectivity index (χ3n) is 4.09. The van der Waals surface area contributed by atoms with Gasteiger partial charge in [-0.3, -0.25) is 0 Å². The Bertz CT molecular complexity index is 170. The van der Waals surface area contributed by atoms with Gasteiger partial charge in [0.1, 0.15) is 0 Å². The molecule has 0 radical (unpaired) electrons. The van der Waals surface area contributed by atoms with E-state index in [1.165, 1.54) is 25.7 Å². The molecule has 0 aromatic heterocycles. The fourth-order valence-electron chi connectivity index (χ4n) is 3.29. The number of hydrogen-bond donors (Lipinski definition) is 1. The number of hydrogen-bond acceptors (Lipinski definition) is 1. The SMILES string of the molecule is CCC(NC)C1CCC(C)(C)CC1C. The molecule has 1 aliphatic rings. The Hall–Kier alpha value is -0.0400. The van der Waals surface area contributed by atoms with E-state index in [4.69, 9.17) is 0 Å². The minimum absolute atomic E-state index is 0.585. The summed E-state index contributed by atoms with van der Waals surface area (Å²) in [5, 5.41) is 3.48. The van der Waals surface area contributed by atoms with E-state index < -0.39 is 0 Å². The number of nitrogens with one attached hydrogen (secondary N) is 1. The lowest BCUT2D eigenvalue weighted by Crippen LogP contribution is -2.41. The molecule has 1 saturated carbocycles. The van der Waals surface area contributed by atoms with Gasteiger partial charge in [-0.25, -0.2) is 0 Å². The molecule has 84 valence electrons. The van der Waals surface area contributed by atoms with E-state index in [1.807, 2.05) is 0 Å².